The van der Waals surface area contributed by atoms with E-state index in [0.29, 0.717) is 42.7 Å². The monoisotopic (exact) mass is 334 g/mol. The molecule has 0 aromatic heterocycles. The summed E-state index contributed by atoms with van der Waals surface area (Å²) in [5, 5.41) is 0.385. The Kier molecular flexibility index (Phi) is 6.93. The lowest BCUT2D eigenvalue weighted by molar-refractivity contribution is 0.108. The fourth-order valence-electron chi connectivity index (χ4n) is 1.70. The maximum absolute atomic E-state index is 12.1. The van der Waals surface area contributed by atoms with E-state index in [2.05, 4.69) is 18.6 Å². The number of sulfonamides is 1. The van der Waals surface area contributed by atoms with Gasteiger partial charge >= 0.3 is 0 Å². The van der Waals surface area contributed by atoms with Crippen LogP contribution in [0.1, 0.15) is 25.8 Å². The van der Waals surface area contributed by atoms with Crippen LogP contribution in [-0.2, 0) is 14.8 Å². The van der Waals surface area contributed by atoms with E-state index in [1.54, 1.807) is 6.92 Å². The minimum atomic E-state index is -3.57. The van der Waals surface area contributed by atoms with E-state index in [1.807, 2.05) is 0 Å². The molecule has 120 valence electrons. The topological polar surface area (TPSA) is 81.4 Å². The van der Waals surface area contributed by atoms with Gasteiger partial charge in [0.1, 0.15) is 0 Å². The Hall–Kier alpha value is -0.820. The van der Waals surface area contributed by atoms with Crippen molar-refractivity contribution in [2.75, 3.05) is 25.5 Å². The zero-order valence-electron chi connectivity index (χ0n) is 12.6. The van der Waals surface area contributed by atoms with Crippen LogP contribution >= 0.6 is 11.6 Å². The SMILES string of the molecule is Cc1cc(S(=O)(=O)NCCCOCC(C)C)cc(N)c1Cl. The van der Waals surface area contributed by atoms with Crippen molar-refractivity contribution in [2.24, 2.45) is 5.92 Å². The molecule has 0 aliphatic rings. The Morgan fingerprint density at radius 3 is 2.62 bits per heavy atom. The molecule has 0 fully saturated rings. The van der Waals surface area contributed by atoms with Gasteiger partial charge in [-0.3, -0.25) is 0 Å². The fourth-order valence-corrected chi connectivity index (χ4v) is 3.00. The lowest BCUT2D eigenvalue weighted by Crippen LogP contribution is -2.26. The molecule has 1 aromatic carbocycles. The molecule has 0 amide bonds. The van der Waals surface area contributed by atoms with E-state index in [0.717, 1.165) is 0 Å². The highest BCUT2D eigenvalue weighted by Gasteiger charge is 2.16. The minimum absolute atomic E-state index is 0.130. The molecule has 0 bridgehead atoms. The molecule has 0 radical (unpaired) electrons. The average Bonchev–Trinajstić information content (AvgIpc) is 2.39. The number of rotatable bonds is 8. The Morgan fingerprint density at radius 1 is 1.38 bits per heavy atom. The molecule has 21 heavy (non-hydrogen) atoms. The van der Waals surface area contributed by atoms with Crippen LogP contribution in [0.5, 0.6) is 0 Å². The molecular weight excluding hydrogens is 312 g/mol. The number of nitrogens with two attached hydrogens (primary N) is 1. The summed E-state index contributed by atoms with van der Waals surface area (Å²) in [5.41, 5.74) is 6.59. The van der Waals surface area contributed by atoms with Crippen molar-refractivity contribution < 1.29 is 13.2 Å². The molecule has 0 saturated carbocycles. The van der Waals surface area contributed by atoms with Gasteiger partial charge in [-0.05, 0) is 37.0 Å². The molecule has 7 heteroatoms. The summed E-state index contributed by atoms with van der Waals surface area (Å²) in [6.07, 6.45) is 0.619. The fraction of sp³-hybridized carbons (Fsp3) is 0.571. The number of hydrogen-bond acceptors (Lipinski definition) is 4. The van der Waals surface area contributed by atoms with Gasteiger partial charge in [-0.1, -0.05) is 25.4 Å². The summed E-state index contributed by atoms with van der Waals surface area (Å²) in [6.45, 7) is 7.38. The molecule has 0 unspecified atom stereocenters. The Bertz CT molecular complexity index is 551. The first kappa shape index (κ1) is 18.2. The third kappa shape index (κ3) is 5.82. The molecule has 5 nitrogen and oxygen atoms in total. The molecule has 1 aromatic rings. The third-order valence-corrected chi connectivity index (χ3v) is 4.73. The maximum Gasteiger partial charge on any atom is 0.240 e. The van der Waals surface area contributed by atoms with E-state index >= 15 is 0 Å². The van der Waals surface area contributed by atoms with Gasteiger partial charge in [0.05, 0.1) is 15.6 Å². The average molecular weight is 335 g/mol. The molecular formula is C14H23ClN2O3S. The van der Waals surface area contributed by atoms with E-state index in [9.17, 15) is 8.42 Å². The Balaban J connectivity index is 2.54. The van der Waals surface area contributed by atoms with Gasteiger partial charge < -0.3 is 10.5 Å². The van der Waals surface area contributed by atoms with E-state index in [4.69, 9.17) is 22.1 Å². The summed E-state index contributed by atoms with van der Waals surface area (Å²) in [7, 11) is -3.57. The van der Waals surface area contributed by atoms with Crippen LogP contribution in [0.2, 0.25) is 5.02 Å². The Labute approximate surface area is 131 Å². The number of hydrogen-bond donors (Lipinski definition) is 2. The molecule has 0 saturated heterocycles. The van der Waals surface area contributed by atoms with Crippen LogP contribution in [0.4, 0.5) is 5.69 Å². The predicted octanol–water partition coefficient (Wildman–Crippen LogP) is 2.57. The Morgan fingerprint density at radius 2 is 2.05 bits per heavy atom. The lowest BCUT2D eigenvalue weighted by atomic mass is 10.2. The number of benzene rings is 1. The predicted molar refractivity (Wildman–Crippen MR) is 86.1 cm³/mol. The zero-order valence-corrected chi connectivity index (χ0v) is 14.2. The second-order valence-electron chi connectivity index (χ2n) is 5.36. The van der Waals surface area contributed by atoms with E-state index in [-0.39, 0.29) is 10.6 Å². The van der Waals surface area contributed by atoms with Gasteiger partial charge in [-0.15, -0.1) is 0 Å². The molecule has 1 rings (SSSR count). The minimum Gasteiger partial charge on any atom is -0.397 e. The van der Waals surface area contributed by atoms with Crippen LogP contribution in [0, 0.1) is 12.8 Å². The second kappa shape index (κ2) is 7.98. The highest BCUT2D eigenvalue weighted by atomic mass is 35.5. The van der Waals surface area contributed by atoms with Crippen molar-refractivity contribution in [2.45, 2.75) is 32.1 Å². The van der Waals surface area contributed by atoms with Gasteiger partial charge in [0.25, 0.3) is 0 Å². The number of nitrogen functional groups attached to an aromatic ring is 1. The van der Waals surface area contributed by atoms with Gasteiger partial charge in [0.2, 0.25) is 10.0 Å². The number of halogens is 1. The molecule has 0 atom stereocenters. The molecule has 3 N–H and O–H groups in total. The summed E-state index contributed by atoms with van der Waals surface area (Å²) in [4.78, 5) is 0.130. The van der Waals surface area contributed by atoms with Crippen molar-refractivity contribution in [1.29, 1.82) is 0 Å². The first-order chi connectivity index (χ1) is 9.74. The lowest BCUT2D eigenvalue weighted by Gasteiger charge is -2.10. The van der Waals surface area contributed by atoms with Gasteiger partial charge in [-0.25, -0.2) is 13.1 Å². The van der Waals surface area contributed by atoms with Crippen LogP contribution < -0.4 is 10.5 Å². The van der Waals surface area contributed by atoms with E-state index in [1.165, 1.54) is 12.1 Å². The number of nitrogens with one attached hydrogen (secondary N) is 1. The zero-order chi connectivity index (χ0) is 16.0. The van der Waals surface area contributed by atoms with Crippen LogP contribution in [-0.4, -0.2) is 28.2 Å². The second-order valence-corrected chi connectivity index (χ2v) is 7.51. The highest BCUT2D eigenvalue weighted by molar-refractivity contribution is 7.89. The van der Waals surface area contributed by atoms with Crippen molar-refractivity contribution in [3.05, 3.63) is 22.7 Å². The van der Waals surface area contributed by atoms with Crippen molar-refractivity contribution in [3.63, 3.8) is 0 Å². The first-order valence-corrected chi connectivity index (χ1v) is 8.73. The normalized spacial score (nSPS) is 12.0. The first-order valence-electron chi connectivity index (χ1n) is 6.87. The maximum atomic E-state index is 12.1. The van der Waals surface area contributed by atoms with Gasteiger partial charge in [0.15, 0.2) is 0 Å². The van der Waals surface area contributed by atoms with Gasteiger partial charge in [0, 0.05) is 19.8 Å². The van der Waals surface area contributed by atoms with Crippen molar-refractivity contribution in [1.82, 2.24) is 4.72 Å². The summed E-state index contributed by atoms with van der Waals surface area (Å²) >= 11 is 5.93. The van der Waals surface area contributed by atoms with Crippen molar-refractivity contribution >= 4 is 27.3 Å². The largest absolute Gasteiger partial charge is 0.397 e. The van der Waals surface area contributed by atoms with Gasteiger partial charge in [-0.2, -0.15) is 0 Å². The molecule has 0 spiro atoms. The van der Waals surface area contributed by atoms with Crippen LogP contribution in [0.25, 0.3) is 0 Å². The third-order valence-electron chi connectivity index (χ3n) is 2.78. The van der Waals surface area contributed by atoms with Crippen LogP contribution in [0.3, 0.4) is 0 Å². The summed E-state index contributed by atoms with van der Waals surface area (Å²) in [6, 6.07) is 2.88. The number of anilines is 1. The quantitative estimate of drug-likeness (QED) is 0.565. The smallest absolute Gasteiger partial charge is 0.240 e. The van der Waals surface area contributed by atoms with Crippen LogP contribution in [0.15, 0.2) is 17.0 Å². The van der Waals surface area contributed by atoms with E-state index < -0.39 is 10.0 Å². The molecule has 0 aliphatic heterocycles. The van der Waals surface area contributed by atoms with Crippen molar-refractivity contribution in [3.8, 4) is 0 Å². The number of aryl methyl sites for hydroxylation is 1. The standard InChI is InChI=1S/C14H23ClN2O3S/c1-10(2)9-20-6-4-5-17-21(18,19)12-7-11(3)14(15)13(16)8-12/h7-8,10,17H,4-6,9,16H2,1-3H3. The summed E-state index contributed by atoms with van der Waals surface area (Å²) < 4.78 is 32.2. The highest BCUT2D eigenvalue weighted by Crippen LogP contribution is 2.26. The summed E-state index contributed by atoms with van der Waals surface area (Å²) in [5.74, 6) is 0.474. The number of ether oxygens (including phenoxy) is 1. The molecule has 0 aliphatic carbocycles. The molecule has 0 heterocycles.